The van der Waals surface area contributed by atoms with Crippen LogP contribution in [0.25, 0.3) is 0 Å². The number of nitrogens with one attached hydrogen (secondary N) is 2. The Morgan fingerprint density at radius 1 is 0.960 bits per heavy atom. The van der Waals surface area contributed by atoms with Crippen LogP contribution in [-0.4, -0.2) is 25.3 Å². The summed E-state index contributed by atoms with van der Waals surface area (Å²) >= 11 is 5.39. The van der Waals surface area contributed by atoms with Crippen LogP contribution in [0.3, 0.4) is 0 Å². The predicted octanol–water partition coefficient (Wildman–Crippen LogP) is 4.74. The minimum absolute atomic E-state index is 0.574. The number of benzene rings is 2. The second-order valence-electron chi connectivity index (χ2n) is 6.52. The zero-order valence-electron chi connectivity index (χ0n) is 14.8. The molecule has 0 spiro atoms. The highest BCUT2D eigenvalue weighted by Gasteiger charge is 2.15. The third kappa shape index (κ3) is 4.86. The number of nitrogens with zero attached hydrogens (tertiary/aromatic N) is 1. The quantitative estimate of drug-likeness (QED) is 0.775. The van der Waals surface area contributed by atoms with Gasteiger partial charge >= 0.3 is 0 Å². The summed E-state index contributed by atoms with van der Waals surface area (Å²) in [6, 6.07) is 16.2. The van der Waals surface area contributed by atoms with Gasteiger partial charge in [-0.1, -0.05) is 6.92 Å². The van der Waals surface area contributed by atoms with Gasteiger partial charge in [0.1, 0.15) is 5.75 Å². The number of thiocarbonyl (C=S) groups is 1. The molecule has 0 radical (unpaired) electrons. The number of hydrogen-bond donors (Lipinski definition) is 2. The van der Waals surface area contributed by atoms with Crippen LogP contribution in [0.1, 0.15) is 19.8 Å². The van der Waals surface area contributed by atoms with Crippen LogP contribution in [0.2, 0.25) is 0 Å². The van der Waals surface area contributed by atoms with E-state index in [2.05, 4.69) is 46.7 Å². The summed E-state index contributed by atoms with van der Waals surface area (Å²) in [5, 5.41) is 6.98. The standard InChI is InChI=1S/C20H25N3OS/c1-15-11-13-23(14-12-15)18-7-3-16(4-8-18)21-20(25)22-17-5-9-19(24-2)10-6-17/h3-10,15H,11-14H2,1-2H3,(H2,21,22,25). The fourth-order valence-electron chi connectivity index (χ4n) is 2.99. The average Bonchev–Trinajstić information content (AvgIpc) is 2.64. The molecule has 0 aromatic heterocycles. The lowest BCUT2D eigenvalue weighted by molar-refractivity contribution is 0.415. The van der Waals surface area contributed by atoms with E-state index in [1.807, 2.05) is 24.3 Å². The summed E-state index contributed by atoms with van der Waals surface area (Å²) < 4.78 is 5.16. The summed E-state index contributed by atoms with van der Waals surface area (Å²) in [7, 11) is 1.66. The van der Waals surface area contributed by atoms with Crippen molar-refractivity contribution in [1.29, 1.82) is 0 Å². The highest BCUT2D eigenvalue weighted by atomic mass is 32.1. The van der Waals surface area contributed by atoms with Gasteiger partial charge in [0.25, 0.3) is 0 Å². The van der Waals surface area contributed by atoms with Gasteiger partial charge in [-0.15, -0.1) is 0 Å². The molecule has 0 saturated carbocycles. The minimum Gasteiger partial charge on any atom is -0.497 e. The van der Waals surface area contributed by atoms with Crippen molar-refractivity contribution in [3.05, 3.63) is 48.5 Å². The van der Waals surface area contributed by atoms with Crippen LogP contribution in [-0.2, 0) is 0 Å². The molecule has 5 heteroatoms. The number of rotatable bonds is 4. The molecule has 2 N–H and O–H groups in total. The maximum atomic E-state index is 5.39. The van der Waals surface area contributed by atoms with Crippen LogP contribution < -0.4 is 20.3 Å². The monoisotopic (exact) mass is 355 g/mol. The van der Waals surface area contributed by atoms with Crippen LogP contribution >= 0.6 is 12.2 Å². The van der Waals surface area contributed by atoms with Crippen molar-refractivity contribution in [2.45, 2.75) is 19.8 Å². The van der Waals surface area contributed by atoms with Gasteiger partial charge in [-0.2, -0.15) is 0 Å². The highest BCUT2D eigenvalue weighted by molar-refractivity contribution is 7.80. The molecule has 2 aromatic carbocycles. The molecule has 0 unspecified atom stereocenters. The summed E-state index contributed by atoms with van der Waals surface area (Å²) in [6.07, 6.45) is 2.55. The van der Waals surface area contributed by atoms with E-state index < -0.39 is 0 Å². The summed E-state index contributed by atoms with van der Waals surface area (Å²) in [4.78, 5) is 2.46. The van der Waals surface area contributed by atoms with Crippen molar-refractivity contribution in [1.82, 2.24) is 0 Å². The Bertz CT molecular complexity index is 692. The second-order valence-corrected chi connectivity index (χ2v) is 6.93. The topological polar surface area (TPSA) is 36.5 Å². The number of hydrogen-bond acceptors (Lipinski definition) is 3. The van der Waals surface area contributed by atoms with Crippen molar-refractivity contribution >= 4 is 34.4 Å². The molecular formula is C20H25N3OS. The van der Waals surface area contributed by atoms with Crippen molar-refractivity contribution < 1.29 is 4.74 Å². The van der Waals surface area contributed by atoms with E-state index in [0.29, 0.717) is 5.11 Å². The van der Waals surface area contributed by atoms with Gasteiger partial charge in [0, 0.05) is 30.2 Å². The van der Waals surface area contributed by atoms with Crippen LogP contribution in [0.5, 0.6) is 5.75 Å². The zero-order valence-corrected chi connectivity index (χ0v) is 15.6. The highest BCUT2D eigenvalue weighted by Crippen LogP contribution is 2.24. The molecule has 3 rings (SSSR count). The predicted molar refractivity (Wildman–Crippen MR) is 110 cm³/mol. The van der Waals surface area contributed by atoms with Gasteiger partial charge in [-0.3, -0.25) is 0 Å². The van der Waals surface area contributed by atoms with E-state index in [1.54, 1.807) is 7.11 Å². The smallest absolute Gasteiger partial charge is 0.175 e. The Balaban J connectivity index is 1.54. The lowest BCUT2D eigenvalue weighted by atomic mass is 9.99. The molecular weight excluding hydrogens is 330 g/mol. The van der Waals surface area contributed by atoms with Gasteiger partial charge in [0.15, 0.2) is 5.11 Å². The van der Waals surface area contributed by atoms with Gasteiger partial charge in [-0.05, 0) is 79.5 Å². The molecule has 25 heavy (non-hydrogen) atoms. The third-order valence-corrected chi connectivity index (χ3v) is 4.83. The molecule has 1 heterocycles. The zero-order chi connectivity index (χ0) is 17.6. The first-order valence-electron chi connectivity index (χ1n) is 8.71. The molecule has 0 aliphatic carbocycles. The minimum atomic E-state index is 0.574. The molecule has 0 bridgehead atoms. The first-order chi connectivity index (χ1) is 12.1. The van der Waals surface area contributed by atoms with E-state index in [4.69, 9.17) is 17.0 Å². The maximum absolute atomic E-state index is 5.39. The van der Waals surface area contributed by atoms with Crippen molar-refractivity contribution in [3.63, 3.8) is 0 Å². The molecule has 1 saturated heterocycles. The molecule has 1 aliphatic heterocycles. The van der Waals surface area contributed by atoms with Crippen LogP contribution in [0, 0.1) is 5.92 Å². The van der Waals surface area contributed by atoms with E-state index in [0.717, 1.165) is 36.1 Å². The molecule has 1 fully saturated rings. The lowest BCUT2D eigenvalue weighted by Crippen LogP contribution is -2.32. The molecule has 132 valence electrons. The van der Waals surface area contributed by atoms with Gasteiger partial charge < -0.3 is 20.3 Å². The number of methoxy groups -OCH3 is 1. The Morgan fingerprint density at radius 3 is 2.00 bits per heavy atom. The molecule has 0 amide bonds. The van der Waals surface area contributed by atoms with Crippen LogP contribution in [0.4, 0.5) is 17.1 Å². The fourth-order valence-corrected chi connectivity index (χ4v) is 3.23. The van der Waals surface area contributed by atoms with E-state index in [-0.39, 0.29) is 0 Å². The first-order valence-corrected chi connectivity index (χ1v) is 9.12. The normalized spacial score (nSPS) is 14.9. The number of piperidine rings is 1. The summed E-state index contributed by atoms with van der Waals surface area (Å²) in [6.45, 7) is 4.62. The Morgan fingerprint density at radius 2 is 1.48 bits per heavy atom. The Kier molecular flexibility index (Phi) is 5.76. The van der Waals surface area contributed by atoms with Crippen molar-refractivity contribution in [2.24, 2.45) is 5.92 Å². The summed E-state index contributed by atoms with van der Waals surface area (Å²) in [5.74, 6) is 1.67. The van der Waals surface area contributed by atoms with E-state index in [1.165, 1.54) is 18.5 Å². The molecule has 1 aliphatic rings. The largest absolute Gasteiger partial charge is 0.497 e. The molecule has 4 nitrogen and oxygen atoms in total. The van der Waals surface area contributed by atoms with E-state index in [9.17, 15) is 0 Å². The van der Waals surface area contributed by atoms with Gasteiger partial charge in [-0.25, -0.2) is 0 Å². The van der Waals surface area contributed by atoms with Gasteiger partial charge in [0.05, 0.1) is 7.11 Å². The number of ether oxygens (including phenoxy) is 1. The first kappa shape index (κ1) is 17.5. The van der Waals surface area contributed by atoms with Crippen molar-refractivity contribution in [2.75, 3.05) is 35.7 Å². The molecule has 2 aromatic rings. The summed E-state index contributed by atoms with van der Waals surface area (Å²) in [5.41, 5.74) is 3.20. The van der Waals surface area contributed by atoms with E-state index >= 15 is 0 Å². The van der Waals surface area contributed by atoms with Gasteiger partial charge in [0.2, 0.25) is 0 Å². The van der Waals surface area contributed by atoms with Crippen molar-refractivity contribution in [3.8, 4) is 5.75 Å². The Hall–Kier alpha value is -2.27. The third-order valence-electron chi connectivity index (χ3n) is 4.62. The van der Waals surface area contributed by atoms with Crippen LogP contribution in [0.15, 0.2) is 48.5 Å². The Labute approximate surface area is 155 Å². The maximum Gasteiger partial charge on any atom is 0.175 e. The second kappa shape index (κ2) is 8.21. The average molecular weight is 356 g/mol. The number of anilines is 3. The fraction of sp³-hybridized carbons (Fsp3) is 0.350. The lowest BCUT2D eigenvalue weighted by Gasteiger charge is -2.32. The molecule has 0 atom stereocenters. The SMILES string of the molecule is COc1ccc(NC(=S)Nc2ccc(N3CCC(C)CC3)cc2)cc1.